The Hall–Kier alpha value is -3.59. The third-order valence-electron chi connectivity index (χ3n) is 4.30. The van der Waals surface area contributed by atoms with Gasteiger partial charge >= 0.3 is 0 Å². The Morgan fingerprint density at radius 2 is 2.00 bits per heavy atom. The summed E-state index contributed by atoms with van der Waals surface area (Å²) < 4.78 is 0. The monoisotopic (exact) mass is 411 g/mol. The summed E-state index contributed by atoms with van der Waals surface area (Å²) >= 11 is 0. The number of H-pyrrole nitrogens is 2. The summed E-state index contributed by atoms with van der Waals surface area (Å²) in [6.45, 7) is 9.49. The molecular formula is C21H29N7O2. The lowest BCUT2D eigenvalue weighted by Crippen LogP contribution is -2.33. The fourth-order valence-electron chi connectivity index (χ4n) is 2.69. The fraction of sp³-hybridized carbons (Fsp3) is 0.286. The van der Waals surface area contributed by atoms with E-state index in [4.69, 9.17) is 11.5 Å². The first-order valence-electron chi connectivity index (χ1n) is 9.44. The van der Waals surface area contributed by atoms with Crippen molar-refractivity contribution in [2.75, 3.05) is 6.54 Å². The summed E-state index contributed by atoms with van der Waals surface area (Å²) in [5.74, 6) is 0.0151. The van der Waals surface area contributed by atoms with Crippen molar-refractivity contribution in [1.29, 1.82) is 0 Å². The van der Waals surface area contributed by atoms with Crippen LogP contribution in [0, 0.1) is 6.92 Å². The molecule has 1 atom stereocenters. The van der Waals surface area contributed by atoms with Gasteiger partial charge in [0.15, 0.2) is 5.96 Å². The summed E-state index contributed by atoms with van der Waals surface area (Å²) in [7, 11) is 0. The zero-order valence-electron chi connectivity index (χ0n) is 17.5. The molecule has 0 fully saturated rings. The molecule has 0 aliphatic carbocycles. The van der Waals surface area contributed by atoms with Gasteiger partial charge in [0.2, 0.25) is 0 Å². The molecule has 0 saturated heterocycles. The number of aromatic amines is 2. The van der Waals surface area contributed by atoms with E-state index >= 15 is 0 Å². The first-order valence-corrected chi connectivity index (χ1v) is 9.44. The highest BCUT2D eigenvalue weighted by Gasteiger charge is 2.21. The molecule has 8 N–H and O–H groups in total. The minimum Gasteiger partial charge on any atom is -0.390 e. The number of hydrogen-bond donors (Lipinski definition) is 6. The van der Waals surface area contributed by atoms with Crippen molar-refractivity contribution < 1.29 is 9.90 Å². The second kappa shape index (κ2) is 10.3. The highest BCUT2D eigenvalue weighted by Crippen LogP contribution is 2.18. The molecule has 0 radical (unpaired) electrons. The lowest BCUT2D eigenvalue weighted by atomic mass is 10.1. The van der Waals surface area contributed by atoms with Crippen LogP contribution >= 0.6 is 0 Å². The molecule has 0 bridgehead atoms. The van der Waals surface area contributed by atoms with Crippen LogP contribution < -0.4 is 16.8 Å². The van der Waals surface area contributed by atoms with Gasteiger partial charge in [-0.2, -0.15) is 0 Å². The number of aliphatic hydroxyl groups is 1. The van der Waals surface area contributed by atoms with Gasteiger partial charge in [0.1, 0.15) is 17.6 Å². The summed E-state index contributed by atoms with van der Waals surface area (Å²) in [5.41, 5.74) is 15.2. The zero-order chi connectivity index (χ0) is 22.3. The number of guanidine groups is 1. The molecule has 1 unspecified atom stereocenters. The molecule has 9 nitrogen and oxygen atoms in total. The average Bonchev–Trinajstić information content (AvgIpc) is 3.32. The molecule has 0 aromatic carbocycles. The Labute approximate surface area is 175 Å². The molecule has 2 aromatic heterocycles. The van der Waals surface area contributed by atoms with Gasteiger partial charge in [0, 0.05) is 11.4 Å². The second-order valence-corrected chi connectivity index (χ2v) is 7.00. The topological polar surface area (TPSA) is 158 Å². The number of nitrogens with two attached hydrogens (primary N) is 2. The number of carbonyl (C=O) groups excluding carboxylic acids is 1. The first-order chi connectivity index (χ1) is 14.2. The Kier molecular flexibility index (Phi) is 7.76. The van der Waals surface area contributed by atoms with E-state index in [0.29, 0.717) is 22.9 Å². The van der Waals surface area contributed by atoms with Crippen LogP contribution in [0.2, 0.25) is 0 Å². The van der Waals surface area contributed by atoms with Gasteiger partial charge in [-0.25, -0.2) is 4.98 Å². The van der Waals surface area contributed by atoms with Crippen LogP contribution in [0.5, 0.6) is 0 Å². The molecule has 160 valence electrons. The van der Waals surface area contributed by atoms with Gasteiger partial charge in [-0.05, 0) is 38.5 Å². The van der Waals surface area contributed by atoms with Crippen molar-refractivity contribution in [1.82, 2.24) is 20.3 Å². The van der Waals surface area contributed by atoms with Crippen LogP contribution in [0.25, 0.3) is 5.57 Å². The third kappa shape index (κ3) is 5.95. The second-order valence-electron chi connectivity index (χ2n) is 7.00. The van der Waals surface area contributed by atoms with Gasteiger partial charge in [-0.15, -0.1) is 0 Å². The number of hydrogen-bond acceptors (Lipinski definition) is 4. The van der Waals surface area contributed by atoms with Crippen LogP contribution in [0.4, 0.5) is 0 Å². The maximum absolute atomic E-state index is 12.8. The summed E-state index contributed by atoms with van der Waals surface area (Å²) in [6.07, 6.45) is 5.62. The number of rotatable bonds is 9. The van der Waals surface area contributed by atoms with Crippen LogP contribution in [0.1, 0.15) is 53.3 Å². The molecule has 2 heterocycles. The predicted molar refractivity (Wildman–Crippen MR) is 119 cm³/mol. The number of imidazole rings is 1. The molecule has 0 saturated carbocycles. The number of nitrogens with one attached hydrogen (secondary N) is 3. The number of amides is 1. The SMILES string of the molecule is C=C/C(=C\C=C(C)C)c1ccc(C(=O)NC(CN=C(N)N)c2nc(CO)c(C)[nH]2)[nH]1. The Morgan fingerprint density at radius 1 is 1.30 bits per heavy atom. The molecule has 0 aliphatic rings. The van der Waals surface area contributed by atoms with E-state index < -0.39 is 6.04 Å². The number of aliphatic hydroxyl groups excluding tert-OH is 1. The third-order valence-corrected chi connectivity index (χ3v) is 4.30. The standard InChI is InChI=1S/C21H29N7O2/c1-5-14(7-6-12(2)3)15-8-9-16(26-15)20(30)28-17(10-24-21(22)23)19-25-13(4)18(11-29)27-19/h5-9,17,26,29H,1,10-11H2,2-4H3,(H,25,27)(H,28,30)(H4,22,23,24)/b14-7+. The number of carbonyl (C=O) groups is 1. The van der Waals surface area contributed by atoms with E-state index in [9.17, 15) is 9.90 Å². The quantitative estimate of drug-likeness (QED) is 0.211. The van der Waals surface area contributed by atoms with E-state index in [0.717, 1.165) is 16.8 Å². The summed E-state index contributed by atoms with van der Waals surface area (Å²) in [4.78, 5) is 27.3. The van der Waals surface area contributed by atoms with Crippen molar-refractivity contribution in [2.45, 2.75) is 33.4 Å². The lowest BCUT2D eigenvalue weighted by molar-refractivity contribution is 0.0932. The first kappa shape index (κ1) is 22.7. The minimum atomic E-state index is -0.606. The van der Waals surface area contributed by atoms with E-state index in [2.05, 4.69) is 31.8 Å². The largest absolute Gasteiger partial charge is 0.390 e. The number of aromatic nitrogens is 3. The highest BCUT2D eigenvalue weighted by molar-refractivity contribution is 5.93. The molecule has 0 spiro atoms. The van der Waals surface area contributed by atoms with Gasteiger partial charge in [-0.1, -0.05) is 30.4 Å². The molecule has 1 amide bonds. The Balaban J connectivity index is 2.26. The van der Waals surface area contributed by atoms with Crippen molar-refractivity contribution in [3.63, 3.8) is 0 Å². The summed E-state index contributed by atoms with van der Waals surface area (Å²) in [6, 6.07) is 2.90. The Morgan fingerprint density at radius 3 is 2.57 bits per heavy atom. The lowest BCUT2D eigenvalue weighted by Gasteiger charge is -2.14. The van der Waals surface area contributed by atoms with Crippen LogP contribution in [0.3, 0.4) is 0 Å². The van der Waals surface area contributed by atoms with Crippen LogP contribution in [-0.2, 0) is 6.61 Å². The molecule has 2 rings (SSSR count). The minimum absolute atomic E-state index is 0.0951. The van der Waals surface area contributed by atoms with E-state index in [1.165, 1.54) is 0 Å². The van der Waals surface area contributed by atoms with Gasteiger partial charge in [0.05, 0.1) is 18.8 Å². The molecule has 9 heteroatoms. The predicted octanol–water partition coefficient (Wildman–Crippen LogP) is 1.82. The summed E-state index contributed by atoms with van der Waals surface area (Å²) in [5, 5.41) is 12.3. The highest BCUT2D eigenvalue weighted by atomic mass is 16.3. The average molecular weight is 412 g/mol. The number of aryl methyl sites for hydroxylation is 1. The van der Waals surface area contributed by atoms with E-state index in [1.54, 1.807) is 19.1 Å². The zero-order valence-corrected chi connectivity index (χ0v) is 17.5. The van der Waals surface area contributed by atoms with E-state index in [-0.39, 0.29) is 25.0 Å². The maximum Gasteiger partial charge on any atom is 0.268 e. The smallest absolute Gasteiger partial charge is 0.268 e. The maximum atomic E-state index is 12.8. The Bertz CT molecular complexity index is 987. The van der Waals surface area contributed by atoms with Gasteiger partial charge in [0.25, 0.3) is 5.91 Å². The van der Waals surface area contributed by atoms with Crippen LogP contribution in [-0.4, -0.2) is 38.5 Å². The van der Waals surface area contributed by atoms with Gasteiger partial charge < -0.3 is 31.9 Å². The van der Waals surface area contributed by atoms with Crippen molar-refractivity contribution in [2.24, 2.45) is 16.5 Å². The normalized spacial score (nSPS) is 12.2. The van der Waals surface area contributed by atoms with Crippen LogP contribution in [0.15, 0.2) is 47.5 Å². The number of allylic oxidation sites excluding steroid dienone is 5. The number of nitrogens with zero attached hydrogens (tertiary/aromatic N) is 2. The molecule has 0 aliphatic heterocycles. The van der Waals surface area contributed by atoms with E-state index in [1.807, 2.05) is 32.1 Å². The van der Waals surface area contributed by atoms with Crippen molar-refractivity contribution in [3.8, 4) is 0 Å². The van der Waals surface area contributed by atoms with Gasteiger partial charge in [-0.3, -0.25) is 9.79 Å². The molecule has 2 aromatic rings. The van der Waals surface area contributed by atoms with Crippen molar-refractivity contribution in [3.05, 3.63) is 71.1 Å². The molecular weight excluding hydrogens is 382 g/mol. The molecule has 30 heavy (non-hydrogen) atoms. The number of aliphatic imine (C=N–C) groups is 1. The van der Waals surface area contributed by atoms with Crippen molar-refractivity contribution >= 4 is 17.4 Å². The fourth-order valence-corrected chi connectivity index (χ4v) is 2.69.